The third-order valence-corrected chi connectivity index (χ3v) is 5.13. The van der Waals surface area contributed by atoms with E-state index in [2.05, 4.69) is 33.5 Å². The lowest BCUT2D eigenvalue weighted by Gasteiger charge is -2.37. The molecule has 6 heteroatoms. The summed E-state index contributed by atoms with van der Waals surface area (Å²) in [6.07, 6.45) is 5.34. The van der Waals surface area contributed by atoms with E-state index in [9.17, 15) is 4.79 Å². The maximum Gasteiger partial charge on any atom is 0.234 e. The Morgan fingerprint density at radius 2 is 2.32 bits per heavy atom. The van der Waals surface area contributed by atoms with Crippen molar-refractivity contribution >= 4 is 5.91 Å². The van der Waals surface area contributed by atoms with E-state index in [-0.39, 0.29) is 18.1 Å². The van der Waals surface area contributed by atoms with Crippen LogP contribution in [0.25, 0.3) is 0 Å². The number of piperidine rings is 1. The van der Waals surface area contributed by atoms with Gasteiger partial charge in [-0.1, -0.05) is 13.0 Å². The lowest BCUT2D eigenvalue weighted by molar-refractivity contribution is -0.121. The first-order chi connectivity index (χ1) is 12.2. The summed E-state index contributed by atoms with van der Waals surface area (Å²) in [5.74, 6) is 0.535. The van der Waals surface area contributed by atoms with Gasteiger partial charge in [0.2, 0.25) is 5.91 Å². The van der Waals surface area contributed by atoms with Crippen molar-refractivity contribution in [3.05, 3.63) is 30.1 Å². The highest BCUT2D eigenvalue weighted by atomic mass is 16.5. The molecule has 2 fully saturated rings. The van der Waals surface area contributed by atoms with Gasteiger partial charge in [-0.25, -0.2) is 0 Å². The van der Waals surface area contributed by atoms with Crippen LogP contribution >= 0.6 is 0 Å². The van der Waals surface area contributed by atoms with E-state index in [0.717, 1.165) is 57.7 Å². The molecule has 0 saturated carbocycles. The normalized spacial score (nSPS) is 27.3. The number of carbonyl (C=O) groups is 1. The fraction of sp³-hybridized carbons (Fsp3) is 0.684. The van der Waals surface area contributed by atoms with Crippen molar-refractivity contribution in [2.45, 2.75) is 44.9 Å². The Morgan fingerprint density at radius 1 is 1.40 bits per heavy atom. The quantitative estimate of drug-likeness (QED) is 0.776. The van der Waals surface area contributed by atoms with Crippen molar-refractivity contribution in [2.24, 2.45) is 5.92 Å². The van der Waals surface area contributed by atoms with Gasteiger partial charge in [-0.05, 0) is 37.3 Å². The fourth-order valence-electron chi connectivity index (χ4n) is 3.72. The first-order valence-electron chi connectivity index (χ1n) is 9.44. The van der Waals surface area contributed by atoms with E-state index in [4.69, 9.17) is 4.74 Å². The molecule has 2 aliphatic rings. The Kier molecular flexibility index (Phi) is 6.78. The minimum atomic E-state index is 0.0908. The topological polar surface area (TPSA) is 66.5 Å². The third-order valence-electron chi connectivity index (χ3n) is 5.13. The number of amides is 1. The van der Waals surface area contributed by atoms with Crippen LogP contribution in [0.3, 0.4) is 0 Å². The largest absolute Gasteiger partial charge is 0.377 e. The second kappa shape index (κ2) is 9.27. The number of pyridine rings is 1. The molecule has 1 amide bonds. The van der Waals surface area contributed by atoms with Gasteiger partial charge in [-0.15, -0.1) is 0 Å². The van der Waals surface area contributed by atoms with Gasteiger partial charge in [-0.3, -0.25) is 14.7 Å². The molecular formula is C19H30N4O2. The van der Waals surface area contributed by atoms with Gasteiger partial charge in [-0.2, -0.15) is 0 Å². The van der Waals surface area contributed by atoms with E-state index in [1.807, 2.05) is 18.3 Å². The molecule has 3 heterocycles. The molecule has 0 aliphatic carbocycles. The van der Waals surface area contributed by atoms with Crippen molar-refractivity contribution in [3.8, 4) is 0 Å². The zero-order valence-corrected chi connectivity index (χ0v) is 15.1. The smallest absolute Gasteiger partial charge is 0.234 e. The van der Waals surface area contributed by atoms with Crippen LogP contribution in [0.2, 0.25) is 0 Å². The fourth-order valence-corrected chi connectivity index (χ4v) is 3.72. The molecule has 1 aromatic rings. The third kappa shape index (κ3) is 5.76. The number of nitrogens with zero attached hydrogens (tertiary/aromatic N) is 2. The number of rotatable bonds is 7. The first-order valence-corrected chi connectivity index (χ1v) is 9.44. The van der Waals surface area contributed by atoms with Gasteiger partial charge in [0.05, 0.1) is 18.3 Å². The summed E-state index contributed by atoms with van der Waals surface area (Å²) in [5, 5.41) is 6.41. The lowest BCUT2D eigenvalue weighted by atomic mass is 9.93. The second-order valence-electron chi connectivity index (χ2n) is 7.26. The predicted molar refractivity (Wildman–Crippen MR) is 97.1 cm³/mol. The number of aromatic nitrogens is 1. The SMILES string of the molecule is C[C@@H]1CN(Cc2ccccn2)CC[C@@H]1NC(=O)CNC[C@H]1CCCO1. The Bertz CT molecular complexity index is 533. The average Bonchev–Trinajstić information content (AvgIpc) is 3.12. The number of ether oxygens (including phenoxy) is 1. The van der Waals surface area contributed by atoms with Crippen molar-refractivity contribution in [1.29, 1.82) is 0 Å². The summed E-state index contributed by atoms with van der Waals surface area (Å²) >= 11 is 0. The number of nitrogens with one attached hydrogen (secondary N) is 2. The van der Waals surface area contributed by atoms with Crippen molar-refractivity contribution in [3.63, 3.8) is 0 Å². The van der Waals surface area contributed by atoms with Crippen molar-refractivity contribution in [1.82, 2.24) is 20.5 Å². The summed E-state index contributed by atoms with van der Waals surface area (Å²) in [7, 11) is 0. The summed E-state index contributed by atoms with van der Waals surface area (Å²) in [6, 6.07) is 6.30. The number of hydrogen-bond acceptors (Lipinski definition) is 5. The number of carbonyl (C=O) groups excluding carboxylic acids is 1. The molecule has 0 bridgehead atoms. The molecule has 2 N–H and O–H groups in total. The zero-order chi connectivity index (χ0) is 17.5. The molecule has 2 aliphatic heterocycles. The summed E-state index contributed by atoms with van der Waals surface area (Å²) in [4.78, 5) is 19.0. The molecule has 3 rings (SSSR count). The molecule has 0 unspecified atom stereocenters. The number of likely N-dealkylation sites (tertiary alicyclic amines) is 1. The number of hydrogen-bond donors (Lipinski definition) is 2. The maximum absolute atomic E-state index is 12.2. The summed E-state index contributed by atoms with van der Waals surface area (Å²) in [5.41, 5.74) is 1.11. The van der Waals surface area contributed by atoms with Gasteiger partial charge >= 0.3 is 0 Å². The Morgan fingerprint density at radius 3 is 3.04 bits per heavy atom. The van der Waals surface area contributed by atoms with E-state index in [1.54, 1.807) is 0 Å². The molecule has 6 nitrogen and oxygen atoms in total. The van der Waals surface area contributed by atoms with Gasteiger partial charge < -0.3 is 15.4 Å². The van der Waals surface area contributed by atoms with Crippen molar-refractivity contribution < 1.29 is 9.53 Å². The van der Waals surface area contributed by atoms with E-state index < -0.39 is 0 Å². The minimum absolute atomic E-state index is 0.0908. The predicted octanol–water partition coefficient (Wildman–Crippen LogP) is 1.18. The maximum atomic E-state index is 12.2. The second-order valence-corrected chi connectivity index (χ2v) is 7.26. The highest BCUT2D eigenvalue weighted by Crippen LogP contribution is 2.18. The Balaban J connectivity index is 1.35. The molecule has 0 radical (unpaired) electrons. The molecule has 2 saturated heterocycles. The van der Waals surface area contributed by atoms with E-state index in [0.29, 0.717) is 12.5 Å². The van der Waals surface area contributed by atoms with Crippen LogP contribution < -0.4 is 10.6 Å². The first kappa shape index (κ1) is 18.3. The van der Waals surface area contributed by atoms with Crippen LogP contribution in [0.1, 0.15) is 31.9 Å². The van der Waals surface area contributed by atoms with Crippen LogP contribution in [0.15, 0.2) is 24.4 Å². The Hall–Kier alpha value is -1.50. The van der Waals surface area contributed by atoms with Gasteiger partial charge in [0, 0.05) is 45.0 Å². The lowest BCUT2D eigenvalue weighted by Crippen LogP contribution is -2.51. The Labute approximate surface area is 150 Å². The highest BCUT2D eigenvalue weighted by Gasteiger charge is 2.27. The molecular weight excluding hydrogens is 316 g/mol. The monoisotopic (exact) mass is 346 g/mol. The minimum Gasteiger partial charge on any atom is -0.377 e. The summed E-state index contributed by atoms with van der Waals surface area (Å²) in [6.45, 7) is 7.09. The van der Waals surface area contributed by atoms with Gasteiger partial charge in [0.1, 0.15) is 0 Å². The van der Waals surface area contributed by atoms with E-state index in [1.165, 1.54) is 0 Å². The molecule has 25 heavy (non-hydrogen) atoms. The highest BCUT2D eigenvalue weighted by molar-refractivity contribution is 5.78. The van der Waals surface area contributed by atoms with Crippen LogP contribution in [-0.4, -0.2) is 60.7 Å². The standard InChI is InChI=1S/C19H30N4O2/c1-15-13-23(14-16-5-2-3-8-21-16)9-7-18(15)22-19(24)12-20-11-17-6-4-10-25-17/h2-3,5,8,15,17-18,20H,4,6-7,9-14H2,1H3,(H,22,24)/t15-,17-,18+/m1/s1. The van der Waals surface area contributed by atoms with Crippen LogP contribution in [0.4, 0.5) is 0 Å². The average molecular weight is 346 g/mol. The molecule has 3 atom stereocenters. The van der Waals surface area contributed by atoms with E-state index >= 15 is 0 Å². The summed E-state index contributed by atoms with van der Waals surface area (Å²) < 4.78 is 5.56. The van der Waals surface area contributed by atoms with Gasteiger partial charge in [0.25, 0.3) is 0 Å². The van der Waals surface area contributed by atoms with Crippen LogP contribution in [-0.2, 0) is 16.1 Å². The van der Waals surface area contributed by atoms with Gasteiger partial charge in [0.15, 0.2) is 0 Å². The zero-order valence-electron chi connectivity index (χ0n) is 15.1. The van der Waals surface area contributed by atoms with Crippen molar-refractivity contribution in [2.75, 3.05) is 32.8 Å². The van der Waals surface area contributed by atoms with Crippen LogP contribution in [0, 0.1) is 5.92 Å². The van der Waals surface area contributed by atoms with Crippen LogP contribution in [0.5, 0.6) is 0 Å². The molecule has 0 spiro atoms. The molecule has 138 valence electrons. The molecule has 1 aromatic heterocycles. The molecule has 0 aromatic carbocycles.